The Hall–Kier alpha value is -1.13. The first-order chi connectivity index (χ1) is 8.74. The summed E-state index contributed by atoms with van der Waals surface area (Å²) in [6.07, 6.45) is 5.68. The van der Waals surface area contributed by atoms with E-state index in [4.69, 9.17) is 0 Å². The number of rotatable bonds is 3. The maximum Gasteiger partial charge on any atom is 0.134 e. The van der Waals surface area contributed by atoms with Gasteiger partial charge in [0.25, 0.3) is 0 Å². The van der Waals surface area contributed by atoms with E-state index in [0.29, 0.717) is 0 Å². The van der Waals surface area contributed by atoms with Crippen LogP contribution in [0.2, 0.25) is 0 Å². The molecule has 2 atom stereocenters. The minimum Gasteiger partial charge on any atom is -0.394 e. The molecule has 0 aliphatic carbocycles. The molecule has 0 bridgehead atoms. The molecule has 1 unspecified atom stereocenters. The number of aliphatic hydroxyl groups excluding tert-OH is 2. The van der Waals surface area contributed by atoms with Crippen molar-refractivity contribution in [2.75, 3.05) is 18.1 Å². The van der Waals surface area contributed by atoms with Crippen LogP contribution >= 0.6 is 0 Å². The van der Waals surface area contributed by atoms with Gasteiger partial charge in [0.05, 0.1) is 18.8 Å². The normalized spacial score (nSPS) is 22.6. The molecule has 2 heterocycles. The third-order valence-corrected chi connectivity index (χ3v) is 3.63. The topological polar surface area (TPSA) is 56.6 Å². The van der Waals surface area contributed by atoms with Gasteiger partial charge in [0.2, 0.25) is 0 Å². The predicted molar refractivity (Wildman–Crippen MR) is 71.6 cm³/mol. The molecule has 1 aromatic rings. The number of hydrogen-bond acceptors (Lipinski definition) is 4. The average molecular weight is 250 g/mol. The average Bonchev–Trinajstić information content (AvgIpc) is 2.63. The van der Waals surface area contributed by atoms with Crippen molar-refractivity contribution in [2.45, 2.75) is 44.8 Å². The largest absolute Gasteiger partial charge is 0.394 e. The summed E-state index contributed by atoms with van der Waals surface area (Å²) in [7, 11) is 0. The van der Waals surface area contributed by atoms with Gasteiger partial charge < -0.3 is 15.1 Å². The van der Waals surface area contributed by atoms with Gasteiger partial charge in [-0.1, -0.05) is 18.9 Å². The van der Waals surface area contributed by atoms with E-state index in [0.717, 1.165) is 37.2 Å². The lowest BCUT2D eigenvalue weighted by atomic mass is 10.1. The van der Waals surface area contributed by atoms with Gasteiger partial charge in [-0.3, -0.25) is 0 Å². The Kier molecular flexibility index (Phi) is 4.55. The molecule has 0 saturated carbocycles. The number of aliphatic hydroxyl groups is 2. The second kappa shape index (κ2) is 6.16. The first kappa shape index (κ1) is 13.3. The van der Waals surface area contributed by atoms with Crippen LogP contribution in [-0.2, 0) is 0 Å². The molecule has 4 nitrogen and oxygen atoms in total. The number of nitrogens with zero attached hydrogens (tertiary/aromatic N) is 2. The molecule has 1 saturated heterocycles. The van der Waals surface area contributed by atoms with Crippen LogP contribution in [0.15, 0.2) is 18.3 Å². The van der Waals surface area contributed by atoms with Crippen molar-refractivity contribution >= 4 is 5.82 Å². The van der Waals surface area contributed by atoms with Crippen molar-refractivity contribution in [1.82, 2.24) is 4.98 Å². The maximum atomic E-state index is 9.84. The highest BCUT2D eigenvalue weighted by atomic mass is 16.3. The third-order valence-electron chi connectivity index (χ3n) is 3.63. The van der Waals surface area contributed by atoms with Crippen LogP contribution in [-0.4, -0.2) is 34.4 Å². The molecular weight excluding hydrogens is 228 g/mol. The van der Waals surface area contributed by atoms with Crippen molar-refractivity contribution in [3.05, 3.63) is 23.9 Å². The Morgan fingerprint density at radius 3 is 3.00 bits per heavy atom. The van der Waals surface area contributed by atoms with Crippen molar-refractivity contribution in [3.63, 3.8) is 0 Å². The van der Waals surface area contributed by atoms with Crippen molar-refractivity contribution in [1.29, 1.82) is 0 Å². The SMILES string of the molecule is C[C@H](O)c1cccnc1N1CCCCCC1CO. The number of anilines is 1. The van der Waals surface area contributed by atoms with E-state index < -0.39 is 6.10 Å². The number of hydrogen-bond donors (Lipinski definition) is 2. The molecule has 0 aromatic carbocycles. The van der Waals surface area contributed by atoms with Crippen molar-refractivity contribution < 1.29 is 10.2 Å². The summed E-state index contributed by atoms with van der Waals surface area (Å²) in [5, 5.41) is 19.4. The molecular formula is C14H22N2O2. The summed E-state index contributed by atoms with van der Waals surface area (Å²) in [5.41, 5.74) is 0.845. The Morgan fingerprint density at radius 2 is 2.28 bits per heavy atom. The molecule has 2 N–H and O–H groups in total. The number of aromatic nitrogens is 1. The molecule has 2 rings (SSSR count). The summed E-state index contributed by atoms with van der Waals surface area (Å²) in [6, 6.07) is 3.88. The van der Waals surface area contributed by atoms with Crippen LogP contribution in [0, 0.1) is 0 Å². The zero-order valence-corrected chi connectivity index (χ0v) is 10.9. The van der Waals surface area contributed by atoms with E-state index >= 15 is 0 Å². The Balaban J connectivity index is 2.32. The lowest BCUT2D eigenvalue weighted by Crippen LogP contribution is -2.38. The highest BCUT2D eigenvalue weighted by Gasteiger charge is 2.24. The molecule has 0 spiro atoms. The summed E-state index contributed by atoms with van der Waals surface area (Å²) in [4.78, 5) is 6.58. The zero-order chi connectivity index (χ0) is 13.0. The lowest BCUT2D eigenvalue weighted by Gasteiger charge is -2.31. The summed E-state index contributed by atoms with van der Waals surface area (Å²) in [5.74, 6) is 0.827. The molecule has 1 aromatic heterocycles. The number of pyridine rings is 1. The van der Waals surface area contributed by atoms with Gasteiger partial charge in [-0.2, -0.15) is 0 Å². The van der Waals surface area contributed by atoms with E-state index in [1.807, 2.05) is 12.1 Å². The lowest BCUT2D eigenvalue weighted by molar-refractivity contribution is 0.198. The second-order valence-electron chi connectivity index (χ2n) is 4.97. The quantitative estimate of drug-likeness (QED) is 0.860. The van der Waals surface area contributed by atoms with E-state index in [2.05, 4.69) is 9.88 Å². The standard InChI is InChI=1S/C14H22N2O2/c1-11(18)13-7-5-8-15-14(13)16-9-4-2-3-6-12(16)10-17/h5,7-8,11-12,17-18H,2-4,6,9-10H2,1H3/t11-,12?/m0/s1. The summed E-state index contributed by atoms with van der Waals surface area (Å²) >= 11 is 0. The maximum absolute atomic E-state index is 9.84. The van der Waals surface area contributed by atoms with E-state index in [1.165, 1.54) is 6.42 Å². The van der Waals surface area contributed by atoms with Gasteiger partial charge >= 0.3 is 0 Å². The minimum atomic E-state index is -0.531. The molecule has 4 heteroatoms. The van der Waals surface area contributed by atoms with E-state index in [-0.39, 0.29) is 12.6 Å². The fraction of sp³-hybridized carbons (Fsp3) is 0.643. The van der Waals surface area contributed by atoms with Crippen LogP contribution in [0.4, 0.5) is 5.82 Å². The van der Waals surface area contributed by atoms with Crippen molar-refractivity contribution in [3.8, 4) is 0 Å². The van der Waals surface area contributed by atoms with Gasteiger partial charge in [-0.05, 0) is 25.8 Å². The molecule has 0 radical (unpaired) electrons. The van der Waals surface area contributed by atoms with Gasteiger partial charge in [0.15, 0.2) is 0 Å². The molecule has 18 heavy (non-hydrogen) atoms. The fourth-order valence-electron chi connectivity index (χ4n) is 2.62. The summed E-state index contributed by atoms with van der Waals surface area (Å²) in [6.45, 7) is 2.81. The molecule has 1 aliphatic heterocycles. The Labute approximate surface area is 108 Å². The Bertz CT molecular complexity index is 382. The van der Waals surface area contributed by atoms with E-state index in [9.17, 15) is 10.2 Å². The van der Waals surface area contributed by atoms with Crippen LogP contribution < -0.4 is 4.90 Å². The highest BCUT2D eigenvalue weighted by Crippen LogP contribution is 2.28. The first-order valence-corrected chi connectivity index (χ1v) is 6.74. The van der Waals surface area contributed by atoms with Gasteiger partial charge in [-0.15, -0.1) is 0 Å². The third kappa shape index (κ3) is 2.82. The molecule has 1 aliphatic rings. The van der Waals surface area contributed by atoms with Gasteiger partial charge in [0, 0.05) is 18.3 Å². The van der Waals surface area contributed by atoms with Crippen LogP contribution in [0.3, 0.4) is 0 Å². The monoisotopic (exact) mass is 250 g/mol. The minimum absolute atomic E-state index is 0.125. The van der Waals surface area contributed by atoms with Crippen LogP contribution in [0.1, 0.15) is 44.3 Å². The molecule has 1 fully saturated rings. The van der Waals surface area contributed by atoms with Crippen LogP contribution in [0.5, 0.6) is 0 Å². The van der Waals surface area contributed by atoms with Crippen molar-refractivity contribution in [2.24, 2.45) is 0 Å². The van der Waals surface area contributed by atoms with E-state index in [1.54, 1.807) is 13.1 Å². The zero-order valence-electron chi connectivity index (χ0n) is 10.9. The second-order valence-corrected chi connectivity index (χ2v) is 4.97. The van der Waals surface area contributed by atoms with Crippen LogP contribution in [0.25, 0.3) is 0 Å². The fourth-order valence-corrected chi connectivity index (χ4v) is 2.62. The molecule has 0 amide bonds. The Morgan fingerprint density at radius 1 is 1.44 bits per heavy atom. The highest BCUT2D eigenvalue weighted by molar-refractivity contribution is 5.49. The first-order valence-electron chi connectivity index (χ1n) is 6.74. The molecule has 100 valence electrons. The smallest absolute Gasteiger partial charge is 0.134 e. The van der Waals surface area contributed by atoms with Gasteiger partial charge in [-0.25, -0.2) is 4.98 Å². The summed E-state index contributed by atoms with van der Waals surface area (Å²) < 4.78 is 0. The van der Waals surface area contributed by atoms with Gasteiger partial charge in [0.1, 0.15) is 5.82 Å². The predicted octanol–water partition coefficient (Wildman–Crippen LogP) is 1.88.